The summed E-state index contributed by atoms with van der Waals surface area (Å²) in [7, 11) is 0. The van der Waals surface area contributed by atoms with E-state index in [1.165, 1.54) is 13.0 Å². The highest BCUT2D eigenvalue weighted by atomic mass is 35.5. The van der Waals surface area contributed by atoms with E-state index in [0.717, 1.165) is 18.7 Å². The molecule has 1 saturated heterocycles. The number of aliphatic hydroxyl groups excluding tert-OH is 1. The Balaban J connectivity index is 1.88. The number of rotatable bonds is 3. The number of hydrogen-bond acceptors (Lipinski definition) is 3. The molecular weight excluding hydrogens is 283 g/mol. The van der Waals surface area contributed by atoms with Crippen LogP contribution in [0, 0.1) is 5.82 Å². The van der Waals surface area contributed by atoms with Crippen molar-refractivity contribution in [2.45, 2.75) is 19.6 Å². The smallest absolute Gasteiger partial charge is 0.251 e. The van der Waals surface area contributed by atoms with Crippen LogP contribution in [0.2, 0.25) is 5.02 Å². The van der Waals surface area contributed by atoms with Gasteiger partial charge in [-0.1, -0.05) is 17.7 Å². The van der Waals surface area contributed by atoms with Crippen LogP contribution in [0.5, 0.6) is 0 Å². The summed E-state index contributed by atoms with van der Waals surface area (Å²) in [5, 5.41) is 9.41. The molecule has 0 aliphatic carbocycles. The first-order chi connectivity index (χ1) is 9.47. The van der Waals surface area contributed by atoms with Crippen molar-refractivity contribution in [3.05, 3.63) is 34.6 Å². The molecule has 2 rings (SSSR count). The Labute approximate surface area is 122 Å². The van der Waals surface area contributed by atoms with Gasteiger partial charge in [0.15, 0.2) is 0 Å². The van der Waals surface area contributed by atoms with E-state index in [9.17, 15) is 14.3 Å². The van der Waals surface area contributed by atoms with Crippen LogP contribution in [0.3, 0.4) is 0 Å². The van der Waals surface area contributed by atoms with E-state index in [0.29, 0.717) is 19.6 Å². The molecular formula is C14H18ClFN2O2. The quantitative estimate of drug-likeness (QED) is 0.920. The Hall–Kier alpha value is -1.17. The van der Waals surface area contributed by atoms with E-state index in [-0.39, 0.29) is 10.9 Å². The number of nitrogens with zero attached hydrogens (tertiary/aromatic N) is 2. The molecule has 1 amide bonds. The number of hydrogen-bond donors (Lipinski definition) is 1. The lowest BCUT2D eigenvalue weighted by Gasteiger charge is -2.35. The maximum absolute atomic E-state index is 13.1. The van der Waals surface area contributed by atoms with Crippen molar-refractivity contribution in [1.29, 1.82) is 0 Å². The Bertz CT molecular complexity index is 488. The minimum Gasteiger partial charge on any atom is -0.384 e. The lowest BCUT2D eigenvalue weighted by Crippen LogP contribution is -2.50. The number of benzene rings is 1. The zero-order valence-electron chi connectivity index (χ0n) is 11.4. The average molecular weight is 301 g/mol. The largest absolute Gasteiger partial charge is 0.384 e. The van der Waals surface area contributed by atoms with Gasteiger partial charge in [0, 0.05) is 32.7 Å². The Morgan fingerprint density at radius 1 is 1.40 bits per heavy atom. The maximum Gasteiger partial charge on any atom is 0.251 e. The molecule has 0 aromatic heterocycles. The molecule has 0 spiro atoms. The summed E-state index contributed by atoms with van der Waals surface area (Å²) in [5.41, 5.74) is 0.951. The van der Waals surface area contributed by atoms with E-state index in [1.807, 2.05) is 0 Å². The van der Waals surface area contributed by atoms with Gasteiger partial charge in [-0.3, -0.25) is 9.69 Å². The third-order valence-corrected chi connectivity index (χ3v) is 3.72. The van der Waals surface area contributed by atoms with Gasteiger partial charge in [0.05, 0.1) is 5.02 Å². The minimum absolute atomic E-state index is 0.130. The summed E-state index contributed by atoms with van der Waals surface area (Å²) < 4.78 is 13.1. The molecule has 1 aliphatic heterocycles. The van der Waals surface area contributed by atoms with Crippen molar-refractivity contribution in [2.24, 2.45) is 0 Å². The van der Waals surface area contributed by atoms with Crippen LogP contribution in [0.4, 0.5) is 4.39 Å². The predicted octanol–water partition coefficient (Wildman–Crippen LogP) is 1.50. The second-order valence-corrected chi connectivity index (χ2v) is 5.43. The lowest BCUT2D eigenvalue weighted by molar-refractivity contribution is -0.141. The third-order valence-electron chi connectivity index (χ3n) is 3.43. The zero-order chi connectivity index (χ0) is 14.7. The van der Waals surface area contributed by atoms with Crippen molar-refractivity contribution in [1.82, 2.24) is 9.80 Å². The van der Waals surface area contributed by atoms with Gasteiger partial charge < -0.3 is 10.0 Å². The maximum atomic E-state index is 13.1. The fourth-order valence-corrected chi connectivity index (χ4v) is 2.49. The summed E-state index contributed by atoms with van der Waals surface area (Å²) in [5.74, 6) is -0.641. The summed E-state index contributed by atoms with van der Waals surface area (Å²) in [4.78, 5) is 15.5. The molecule has 20 heavy (non-hydrogen) atoms. The number of aliphatic hydroxyl groups is 1. The molecule has 1 unspecified atom stereocenters. The first-order valence-corrected chi connectivity index (χ1v) is 6.98. The molecule has 1 aliphatic rings. The van der Waals surface area contributed by atoms with Crippen LogP contribution in [-0.2, 0) is 11.3 Å². The normalized spacial score (nSPS) is 18.1. The Morgan fingerprint density at radius 3 is 2.60 bits per heavy atom. The van der Waals surface area contributed by atoms with Gasteiger partial charge in [-0.2, -0.15) is 0 Å². The summed E-state index contributed by atoms with van der Waals surface area (Å²) in [6.45, 7) is 4.81. The predicted molar refractivity (Wildman–Crippen MR) is 74.9 cm³/mol. The second kappa shape index (κ2) is 6.52. The zero-order valence-corrected chi connectivity index (χ0v) is 12.1. The number of carbonyl (C=O) groups excluding carboxylic acids is 1. The van der Waals surface area contributed by atoms with Crippen molar-refractivity contribution in [3.8, 4) is 0 Å². The van der Waals surface area contributed by atoms with Crippen molar-refractivity contribution < 1.29 is 14.3 Å². The van der Waals surface area contributed by atoms with Crippen LogP contribution in [0.15, 0.2) is 18.2 Å². The molecule has 0 radical (unpaired) electrons. The molecule has 1 aromatic carbocycles. The molecule has 1 fully saturated rings. The van der Waals surface area contributed by atoms with Crippen molar-refractivity contribution >= 4 is 17.5 Å². The Kier molecular flexibility index (Phi) is 4.96. The number of amides is 1. The van der Waals surface area contributed by atoms with E-state index in [2.05, 4.69) is 4.90 Å². The molecule has 0 bridgehead atoms. The van der Waals surface area contributed by atoms with Crippen LogP contribution in [0.1, 0.15) is 12.5 Å². The molecule has 1 aromatic rings. The highest BCUT2D eigenvalue weighted by Gasteiger charge is 2.23. The fourth-order valence-electron chi connectivity index (χ4n) is 2.29. The SMILES string of the molecule is CC(O)C(=O)N1CCN(Cc2ccc(F)c(Cl)c2)CC1. The number of piperazine rings is 1. The topological polar surface area (TPSA) is 43.8 Å². The van der Waals surface area contributed by atoms with Crippen LogP contribution in [-0.4, -0.2) is 53.1 Å². The standard InChI is InChI=1S/C14H18ClFN2O2/c1-10(19)14(20)18-6-4-17(5-7-18)9-11-2-3-13(16)12(15)8-11/h2-3,8,10,19H,4-7,9H2,1H3. The lowest BCUT2D eigenvalue weighted by atomic mass is 10.2. The van der Waals surface area contributed by atoms with Gasteiger partial charge in [0.25, 0.3) is 5.91 Å². The van der Waals surface area contributed by atoms with Crippen molar-refractivity contribution in [2.75, 3.05) is 26.2 Å². The third kappa shape index (κ3) is 3.69. The minimum atomic E-state index is -0.947. The highest BCUT2D eigenvalue weighted by molar-refractivity contribution is 6.30. The summed E-state index contributed by atoms with van der Waals surface area (Å²) in [6.07, 6.45) is -0.947. The van der Waals surface area contributed by atoms with E-state index >= 15 is 0 Å². The van der Waals surface area contributed by atoms with Gasteiger partial charge in [-0.05, 0) is 24.6 Å². The van der Waals surface area contributed by atoms with Gasteiger partial charge in [-0.25, -0.2) is 4.39 Å². The Morgan fingerprint density at radius 2 is 2.05 bits per heavy atom. The van der Waals surface area contributed by atoms with Gasteiger partial charge >= 0.3 is 0 Å². The second-order valence-electron chi connectivity index (χ2n) is 5.03. The molecule has 0 saturated carbocycles. The number of halogens is 2. The fraction of sp³-hybridized carbons (Fsp3) is 0.500. The molecule has 1 atom stereocenters. The van der Waals surface area contributed by atoms with E-state index < -0.39 is 11.9 Å². The van der Waals surface area contributed by atoms with Crippen LogP contribution in [0.25, 0.3) is 0 Å². The first-order valence-electron chi connectivity index (χ1n) is 6.60. The average Bonchev–Trinajstić information content (AvgIpc) is 2.43. The van der Waals surface area contributed by atoms with Gasteiger partial charge in [-0.15, -0.1) is 0 Å². The summed E-state index contributed by atoms with van der Waals surface area (Å²) in [6, 6.07) is 4.71. The highest BCUT2D eigenvalue weighted by Crippen LogP contribution is 2.18. The van der Waals surface area contributed by atoms with Crippen LogP contribution < -0.4 is 0 Å². The van der Waals surface area contributed by atoms with E-state index in [1.54, 1.807) is 17.0 Å². The number of carbonyl (C=O) groups is 1. The van der Waals surface area contributed by atoms with Gasteiger partial charge in [0.2, 0.25) is 0 Å². The first kappa shape index (κ1) is 15.2. The molecule has 1 N–H and O–H groups in total. The van der Waals surface area contributed by atoms with Gasteiger partial charge in [0.1, 0.15) is 11.9 Å². The monoisotopic (exact) mass is 300 g/mol. The van der Waals surface area contributed by atoms with Crippen LogP contribution >= 0.6 is 11.6 Å². The molecule has 1 heterocycles. The molecule has 110 valence electrons. The summed E-state index contributed by atoms with van der Waals surface area (Å²) >= 11 is 5.76. The van der Waals surface area contributed by atoms with E-state index in [4.69, 9.17) is 11.6 Å². The van der Waals surface area contributed by atoms with Crippen molar-refractivity contribution in [3.63, 3.8) is 0 Å². The molecule has 4 nitrogen and oxygen atoms in total. The molecule has 6 heteroatoms.